The molecule has 0 saturated heterocycles. The normalized spacial score (nSPS) is 12.7. The predicted octanol–water partition coefficient (Wildman–Crippen LogP) is 5.46. The summed E-state index contributed by atoms with van der Waals surface area (Å²) in [6.07, 6.45) is 1.31. The largest absolute Gasteiger partial charge is 0.351 e. The molecule has 1 N–H and O–H groups in total. The van der Waals surface area contributed by atoms with E-state index in [1.165, 1.54) is 0 Å². The minimum Gasteiger partial charge on any atom is -0.351 e. The first-order chi connectivity index (χ1) is 14.1. The van der Waals surface area contributed by atoms with Crippen LogP contribution in [0.2, 0.25) is 0 Å². The molecule has 2 heterocycles. The fraction of sp³-hybridized carbons (Fsp3) is 0.400. The molecule has 0 aliphatic carbocycles. The smallest absolute Gasteiger partial charge is 0.222 e. The van der Waals surface area contributed by atoms with Crippen LogP contribution in [-0.2, 0) is 11.3 Å². The number of para-hydroxylation sites is 3. The number of amides is 1. The summed E-state index contributed by atoms with van der Waals surface area (Å²) in [5, 5.41) is 4.28. The zero-order valence-corrected chi connectivity index (χ0v) is 18.5. The second-order valence-electron chi connectivity index (χ2n) is 9.97. The number of rotatable bonds is 5. The monoisotopic (exact) mass is 402 g/mol. The van der Waals surface area contributed by atoms with Crippen molar-refractivity contribution < 1.29 is 4.79 Å². The van der Waals surface area contributed by atoms with Crippen molar-refractivity contribution in [2.24, 2.45) is 5.41 Å². The number of aromatic nitrogens is 3. The lowest BCUT2D eigenvalue weighted by molar-refractivity contribution is -0.123. The summed E-state index contributed by atoms with van der Waals surface area (Å²) in [6, 6.07) is 16.1. The van der Waals surface area contributed by atoms with Crippen LogP contribution in [0.3, 0.4) is 0 Å². The van der Waals surface area contributed by atoms with Crippen molar-refractivity contribution in [1.29, 1.82) is 0 Å². The number of aryl methyl sites for hydroxylation is 1. The molecule has 0 aliphatic rings. The van der Waals surface area contributed by atoms with Gasteiger partial charge in [-0.15, -0.1) is 0 Å². The highest BCUT2D eigenvalue weighted by atomic mass is 16.1. The molecule has 4 rings (SSSR count). The maximum atomic E-state index is 12.8. The molecule has 0 aliphatic heterocycles. The molecule has 5 nitrogen and oxygen atoms in total. The van der Waals surface area contributed by atoms with Crippen LogP contribution in [0.5, 0.6) is 0 Å². The third-order valence-electron chi connectivity index (χ3n) is 5.27. The molecule has 156 valence electrons. The van der Waals surface area contributed by atoms with E-state index in [1.54, 1.807) is 0 Å². The number of nitrogens with one attached hydrogen (secondary N) is 1. The minimum absolute atomic E-state index is 0.0592. The van der Waals surface area contributed by atoms with Crippen molar-refractivity contribution in [2.45, 2.75) is 59.5 Å². The Morgan fingerprint density at radius 1 is 0.933 bits per heavy atom. The van der Waals surface area contributed by atoms with E-state index in [2.05, 4.69) is 56.6 Å². The van der Waals surface area contributed by atoms with Crippen LogP contribution in [0.4, 0.5) is 0 Å². The first-order valence-electron chi connectivity index (χ1n) is 10.6. The van der Waals surface area contributed by atoms with Crippen molar-refractivity contribution in [2.75, 3.05) is 0 Å². The third kappa shape index (κ3) is 4.16. The van der Waals surface area contributed by atoms with E-state index in [0.29, 0.717) is 13.0 Å². The Morgan fingerprint density at radius 3 is 2.27 bits per heavy atom. The van der Waals surface area contributed by atoms with Gasteiger partial charge in [0.15, 0.2) is 5.65 Å². The third-order valence-corrected chi connectivity index (χ3v) is 5.27. The van der Waals surface area contributed by atoms with Crippen molar-refractivity contribution in [3.63, 3.8) is 0 Å². The van der Waals surface area contributed by atoms with E-state index in [1.807, 2.05) is 36.4 Å². The molecule has 0 atom stereocenters. The Kier molecular flexibility index (Phi) is 5.00. The highest BCUT2D eigenvalue weighted by Gasteiger charge is 2.27. The summed E-state index contributed by atoms with van der Waals surface area (Å²) in [5.74, 6) is 0.0592. The molecule has 5 heteroatoms. The highest BCUT2D eigenvalue weighted by Crippen LogP contribution is 2.29. The van der Waals surface area contributed by atoms with Gasteiger partial charge in [0, 0.05) is 23.9 Å². The molecular weight excluding hydrogens is 372 g/mol. The lowest BCUT2D eigenvalue weighted by Gasteiger charge is -2.33. The fourth-order valence-corrected chi connectivity index (χ4v) is 4.63. The van der Waals surface area contributed by atoms with E-state index < -0.39 is 0 Å². The second-order valence-corrected chi connectivity index (χ2v) is 9.97. The van der Waals surface area contributed by atoms with Gasteiger partial charge in [0.05, 0.1) is 16.6 Å². The van der Waals surface area contributed by atoms with Gasteiger partial charge < -0.3 is 9.88 Å². The summed E-state index contributed by atoms with van der Waals surface area (Å²) < 4.78 is 2.13. The molecule has 0 fully saturated rings. The molecule has 2 aromatic carbocycles. The van der Waals surface area contributed by atoms with Gasteiger partial charge in [-0.3, -0.25) is 4.79 Å². The predicted molar refractivity (Wildman–Crippen MR) is 123 cm³/mol. The van der Waals surface area contributed by atoms with Gasteiger partial charge >= 0.3 is 0 Å². The number of fused-ring (bicyclic) bond motifs is 4. The van der Waals surface area contributed by atoms with Crippen LogP contribution in [0.25, 0.3) is 33.1 Å². The summed E-state index contributed by atoms with van der Waals surface area (Å²) in [7, 11) is 0. The Labute approximate surface area is 177 Å². The summed E-state index contributed by atoms with van der Waals surface area (Å²) in [4.78, 5) is 22.5. The molecule has 0 spiro atoms. The van der Waals surface area contributed by atoms with E-state index >= 15 is 0 Å². The summed E-state index contributed by atoms with van der Waals surface area (Å²) in [6.45, 7) is 11.3. The molecule has 0 unspecified atom stereocenters. The summed E-state index contributed by atoms with van der Waals surface area (Å²) >= 11 is 0. The lowest BCUT2D eigenvalue weighted by Crippen LogP contribution is -2.46. The maximum absolute atomic E-state index is 12.8. The zero-order chi connectivity index (χ0) is 21.5. The van der Waals surface area contributed by atoms with Crippen LogP contribution < -0.4 is 5.32 Å². The maximum Gasteiger partial charge on any atom is 0.222 e. The van der Waals surface area contributed by atoms with Crippen molar-refractivity contribution in [3.8, 4) is 0 Å². The molecule has 30 heavy (non-hydrogen) atoms. The van der Waals surface area contributed by atoms with Gasteiger partial charge in [0.2, 0.25) is 5.91 Å². The number of carbonyl (C=O) groups excluding carboxylic acids is 1. The van der Waals surface area contributed by atoms with Gasteiger partial charge in [0.25, 0.3) is 0 Å². The molecular formula is C25H30N4O. The number of benzene rings is 2. The molecule has 4 aromatic rings. The quantitative estimate of drug-likeness (QED) is 0.482. The molecule has 1 amide bonds. The highest BCUT2D eigenvalue weighted by molar-refractivity contribution is 6.06. The second kappa shape index (κ2) is 7.38. The molecule has 2 aromatic heterocycles. The number of carbonyl (C=O) groups is 1. The SMILES string of the molecule is CC(C)(C)CC(C)(C)NC(=O)CCn1c2ccccc2c2nc3ccccc3nc21. The van der Waals surface area contributed by atoms with E-state index in [9.17, 15) is 4.79 Å². The fourth-order valence-electron chi connectivity index (χ4n) is 4.63. The number of hydrogen-bond donors (Lipinski definition) is 1. The Bertz CT molecular complexity index is 1230. The van der Waals surface area contributed by atoms with E-state index in [4.69, 9.17) is 9.97 Å². The summed E-state index contributed by atoms with van der Waals surface area (Å²) in [5.41, 5.74) is 4.44. The van der Waals surface area contributed by atoms with Crippen LogP contribution in [0, 0.1) is 5.41 Å². The molecule has 0 bridgehead atoms. The lowest BCUT2D eigenvalue weighted by atomic mass is 9.82. The van der Waals surface area contributed by atoms with Gasteiger partial charge in [0.1, 0.15) is 5.52 Å². The van der Waals surface area contributed by atoms with E-state index in [-0.39, 0.29) is 16.9 Å². The van der Waals surface area contributed by atoms with Crippen LogP contribution in [0.15, 0.2) is 48.5 Å². The molecule has 0 saturated carbocycles. The van der Waals surface area contributed by atoms with Gasteiger partial charge in [-0.05, 0) is 43.9 Å². The average molecular weight is 403 g/mol. The van der Waals surface area contributed by atoms with Crippen LogP contribution in [0.1, 0.15) is 47.5 Å². The van der Waals surface area contributed by atoms with Crippen molar-refractivity contribution in [3.05, 3.63) is 48.5 Å². The average Bonchev–Trinajstić information content (AvgIpc) is 2.95. The van der Waals surface area contributed by atoms with Gasteiger partial charge in [-0.1, -0.05) is 51.1 Å². The Morgan fingerprint density at radius 2 is 1.57 bits per heavy atom. The molecule has 0 radical (unpaired) electrons. The van der Waals surface area contributed by atoms with Crippen molar-refractivity contribution >= 4 is 39.0 Å². The van der Waals surface area contributed by atoms with E-state index in [0.717, 1.165) is 39.5 Å². The standard InChI is InChI=1S/C25H30N4O/c1-24(2,3)16-25(4,5)28-21(30)14-15-29-20-13-9-6-10-17(20)22-23(29)27-19-12-8-7-11-18(19)26-22/h6-13H,14-16H2,1-5H3,(H,28,30). The van der Waals surface area contributed by atoms with Gasteiger partial charge in [-0.2, -0.15) is 0 Å². The zero-order valence-electron chi connectivity index (χ0n) is 18.5. The number of nitrogens with zero attached hydrogens (tertiary/aromatic N) is 3. The first kappa shape index (κ1) is 20.3. The first-order valence-corrected chi connectivity index (χ1v) is 10.6. The van der Waals surface area contributed by atoms with Gasteiger partial charge in [-0.25, -0.2) is 9.97 Å². The van der Waals surface area contributed by atoms with Crippen molar-refractivity contribution in [1.82, 2.24) is 19.9 Å². The topological polar surface area (TPSA) is 59.8 Å². The Balaban J connectivity index is 1.65. The Hall–Kier alpha value is -2.95. The number of hydrogen-bond acceptors (Lipinski definition) is 3. The van der Waals surface area contributed by atoms with Crippen LogP contribution >= 0.6 is 0 Å². The van der Waals surface area contributed by atoms with Crippen LogP contribution in [-0.4, -0.2) is 26.0 Å². The minimum atomic E-state index is -0.244.